The van der Waals surface area contributed by atoms with Crippen molar-refractivity contribution < 1.29 is 13.6 Å². The van der Waals surface area contributed by atoms with Gasteiger partial charge >= 0.3 is 0 Å². The molecule has 0 fully saturated rings. The van der Waals surface area contributed by atoms with Gasteiger partial charge in [0, 0.05) is 10.6 Å². The zero-order chi connectivity index (χ0) is 10.8. The molecule has 1 aromatic carbocycles. The minimum atomic E-state index is -3.13. The second-order valence-electron chi connectivity index (χ2n) is 3.09. The monoisotopic (exact) mass is 218 g/mol. The standard InChI is InChI=1S/C10H9ClF2O/c1-7(14)6-10(12,13)8-3-2-4-9(11)5-8/h2-5H,6H2,1H3. The molecule has 76 valence electrons. The Morgan fingerprint density at radius 2 is 2.14 bits per heavy atom. The van der Waals surface area contributed by atoms with Crippen LogP contribution in [0.25, 0.3) is 0 Å². The highest BCUT2D eigenvalue weighted by Crippen LogP contribution is 2.32. The first-order chi connectivity index (χ1) is 6.42. The molecule has 0 aliphatic carbocycles. The number of rotatable bonds is 3. The third-order valence-electron chi connectivity index (χ3n) is 1.72. The Hall–Kier alpha value is -0.960. The fraction of sp³-hybridized carbons (Fsp3) is 0.300. The summed E-state index contributed by atoms with van der Waals surface area (Å²) in [7, 11) is 0. The lowest BCUT2D eigenvalue weighted by Gasteiger charge is -2.14. The van der Waals surface area contributed by atoms with Crippen LogP contribution in [0.4, 0.5) is 8.78 Å². The molecule has 0 atom stereocenters. The molecule has 1 aromatic rings. The van der Waals surface area contributed by atoms with Gasteiger partial charge in [0.1, 0.15) is 5.78 Å². The van der Waals surface area contributed by atoms with Crippen LogP contribution in [-0.4, -0.2) is 5.78 Å². The zero-order valence-electron chi connectivity index (χ0n) is 7.56. The molecule has 0 bridgehead atoms. The topological polar surface area (TPSA) is 17.1 Å². The van der Waals surface area contributed by atoms with Crippen LogP contribution in [0, 0.1) is 0 Å². The average Bonchev–Trinajstić information content (AvgIpc) is 2.01. The van der Waals surface area contributed by atoms with Crippen LogP contribution in [0.2, 0.25) is 5.02 Å². The predicted molar refractivity (Wildman–Crippen MR) is 50.6 cm³/mol. The van der Waals surface area contributed by atoms with E-state index in [4.69, 9.17) is 11.6 Å². The van der Waals surface area contributed by atoms with Crippen molar-refractivity contribution in [2.24, 2.45) is 0 Å². The van der Waals surface area contributed by atoms with Crippen LogP contribution in [0.15, 0.2) is 24.3 Å². The number of Topliss-reactive ketones (excluding diaryl/α,β-unsaturated/α-hetero) is 1. The number of hydrogen-bond acceptors (Lipinski definition) is 1. The highest BCUT2D eigenvalue weighted by Gasteiger charge is 2.33. The molecule has 1 nitrogen and oxygen atoms in total. The summed E-state index contributed by atoms with van der Waals surface area (Å²) in [6, 6.07) is 5.37. The lowest BCUT2D eigenvalue weighted by Crippen LogP contribution is -2.17. The van der Waals surface area contributed by atoms with Crippen molar-refractivity contribution in [3.8, 4) is 0 Å². The highest BCUT2D eigenvalue weighted by molar-refractivity contribution is 6.30. The van der Waals surface area contributed by atoms with Gasteiger partial charge in [-0.25, -0.2) is 8.78 Å². The van der Waals surface area contributed by atoms with Crippen molar-refractivity contribution >= 4 is 17.4 Å². The van der Waals surface area contributed by atoms with E-state index >= 15 is 0 Å². The minimum absolute atomic E-state index is 0.222. The summed E-state index contributed by atoms with van der Waals surface area (Å²) in [5.74, 6) is -3.67. The number of benzene rings is 1. The summed E-state index contributed by atoms with van der Waals surface area (Å²) >= 11 is 5.57. The quantitative estimate of drug-likeness (QED) is 0.760. The smallest absolute Gasteiger partial charge is 0.280 e. The summed E-state index contributed by atoms with van der Waals surface area (Å²) < 4.78 is 26.6. The largest absolute Gasteiger partial charge is 0.300 e. The third-order valence-corrected chi connectivity index (χ3v) is 1.95. The molecule has 0 saturated carbocycles. The summed E-state index contributed by atoms with van der Waals surface area (Å²) in [5.41, 5.74) is -0.222. The molecule has 4 heteroatoms. The van der Waals surface area contributed by atoms with E-state index in [-0.39, 0.29) is 10.6 Å². The van der Waals surface area contributed by atoms with Gasteiger partial charge in [-0.05, 0) is 19.1 Å². The second-order valence-corrected chi connectivity index (χ2v) is 3.53. The van der Waals surface area contributed by atoms with E-state index < -0.39 is 18.1 Å². The number of alkyl halides is 2. The van der Waals surface area contributed by atoms with Crippen molar-refractivity contribution in [1.29, 1.82) is 0 Å². The van der Waals surface area contributed by atoms with Gasteiger partial charge in [0.15, 0.2) is 0 Å². The summed E-state index contributed by atoms with van der Waals surface area (Å²) in [5, 5.41) is 0.241. The van der Waals surface area contributed by atoms with E-state index in [1.54, 1.807) is 0 Å². The van der Waals surface area contributed by atoms with E-state index in [1.807, 2.05) is 0 Å². The van der Waals surface area contributed by atoms with Gasteiger partial charge in [-0.1, -0.05) is 23.7 Å². The van der Waals surface area contributed by atoms with Gasteiger partial charge in [-0.3, -0.25) is 4.79 Å². The van der Waals surface area contributed by atoms with E-state index in [1.165, 1.54) is 24.3 Å². The van der Waals surface area contributed by atoms with E-state index in [0.29, 0.717) is 0 Å². The Bertz CT molecular complexity index is 350. The van der Waals surface area contributed by atoms with Crippen molar-refractivity contribution in [2.45, 2.75) is 19.3 Å². The van der Waals surface area contributed by atoms with Crippen LogP contribution in [0.3, 0.4) is 0 Å². The Morgan fingerprint density at radius 1 is 1.50 bits per heavy atom. The van der Waals surface area contributed by atoms with Crippen molar-refractivity contribution in [3.05, 3.63) is 34.9 Å². The zero-order valence-corrected chi connectivity index (χ0v) is 8.31. The van der Waals surface area contributed by atoms with Crippen LogP contribution >= 0.6 is 11.6 Å². The van der Waals surface area contributed by atoms with Gasteiger partial charge in [-0.2, -0.15) is 0 Å². The molecule has 14 heavy (non-hydrogen) atoms. The van der Waals surface area contributed by atoms with Crippen LogP contribution < -0.4 is 0 Å². The van der Waals surface area contributed by atoms with Gasteiger partial charge in [0.25, 0.3) is 5.92 Å². The molecule has 0 radical (unpaired) electrons. The number of halogens is 3. The van der Waals surface area contributed by atoms with E-state index in [9.17, 15) is 13.6 Å². The highest BCUT2D eigenvalue weighted by atomic mass is 35.5. The van der Waals surface area contributed by atoms with Gasteiger partial charge in [0.2, 0.25) is 0 Å². The molecule has 0 N–H and O–H groups in total. The maximum Gasteiger partial charge on any atom is 0.280 e. The molecule has 0 spiro atoms. The lowest BCUT2D eigenvalue weighted by molar-refractivity contribution is -0.124. The molecular weight excluding hydrogens is 210 g/mol. The van der Waals surface area contributed by atoms with Crippen molar-refractivity contribution in [1.82, 2.24) is 0 Å². The Kier molecular flexibility index (Phi) is 3.21. The van der Waals surface area contributed by atoms with Crippen LogP contribution in [-0.2, 0) is 10.7 Å². The third kappa shape index (κ3) is 2.77. The van der Waals surface area contributed by atoms with E-state index in [2.05, 4.69) is 0 Å². The van der Waals surface area contributed by atoms with Crippen LogP contribution in [0.1, 0.15) is 18.9 Å². The lowest BCUT2D eigenvalue weighted by atomic mass is 10.0. The first-order valence-electron chi connectivity index (χ1n) is 4.05. The van der Waals surface area contributed by atoms with Crippen LogP contribution in [0.5, 0.6) is 0 Å². The molecule has 0 aromatic heterocycles. The second kappa shape index (κ2) is 4.05. The molecule has 0 saturated heterocycles. The molecule has 0 heterocycles. The maximum atomic E-state index is 13.3. The number of carbonyl (C=O) groups is 1. The fourth-order valence-electron chi connectivity index (χ4n) is 1.13. The predicted octanol–water partition coefficient (Wildman–Crippen LogP) is 3.41. The Labute approximate surface area is 85.7 Å². The summed E-state index contributed by atoms with van der Waals surface area (Å²) in [6.07, 6.45) is -0.784. The summed E-state index contributed by atoms with van der Waals surface area (Å²) in [4.78, 5) is 10.6. The Morgan fingerprint density at radius 3 is 2.64 bits per heavy atom. The molecule has 0 aliphatic rings. The molecule has 1 rings (SSSR count). The first-order valence-corrected chi connectivity index (χ1v) is 4.43. The Balaban J connectivity index is 2.97. The van der Waals surface area contributed by atoms with Crippen molar-refractivity contribution in [2.75, 3.05) is 0 Å². The van der Waals surface area contributed by atoms with E-state index in [0.717, 1.165) is 6.92 Å². The number of hydrogen-bond donors (Lipinski definition) is 0. The van der Waals surface area contributed by atoms with Gasteiger partial charge in [-0.15, -0.1) is 0 Å². The first kappa shape index (κ1) is 11.1. The molecule has 0 amide bonds. The maximum absolute atomic E-state index is 13.3. The normalized spacial score (nSPS) is 11.4. The van der Waals surface area contributed by atoms with Crippen molar-refractivity contribution in [3.63, 3.8) is 0 Å². The number of ketones is 1. The number of carbonyl (C=O) groups excluding carboxylic acids is 1. The molecule has 0 unspecified atom stereocenters. The SMILES string of the molecule is CC(=O)CC(F)(F)c1cccc(Cl)c1. The average molecular weight is 219 g/mol. The fourth-order valence-corrected chi connectivity index (χ4v) is 1.32. The van der Waals surface area contributed by atoms with Gasteiger partial charge in [0.05, 0.1) is 6.42 Å². The minimum Gasteiger partial charge on any atom is -0.300 e. The molecule has 0 aliphatic heterocycles. The summed E-state index contributed by atoms with van der Waals surface area (Å²) in [6.45, 7) is 1.14. The molecular formula is C10H9ClF2O. The van der Waals surface area contributed by atoms with Gasteiger partial charge < -0.3 is 0 Å².